The van der Waals surface area contributed by atoms with Crippen LogP contribution in [0.1, 0.15) is 61.8 Å². The summed E-state index contributed by atoms with van der Waals surface area (Å²) in [5.41, 5.74) is 8.14. The van der Waals surface area contributed by atoms with E-state index in [4.69, 9.17) is 0 Å². The molecule has 0 fully saturated rings. The fourth-order valence-electron chi connectivity index (χ4n) is 5.62. The van der Waals surface area contributed by atoms with Gasteiger partial charge in [-0.2, -0.15) is 0 Å². The van der Waals surface area contributed by atoms with Crippen LogP contribution in [0.3, 0.4) is 0 Å². The molecule has 0 aliphatic carbocycles. The Bertz CT molecular complexity index is 1700. The van der Waals surface area contributed by atoms with E-state index in [1.165, 1.54) is 38.9 Å². The molecule has 0 aliphatic heterocycles. The van der Waals surface area contributed by atoms with Crippen LogP contribution in [0.4, 0.5) is 0 Å². The zero-order valence-electron chi connectivity index (χ0n) is 25.8. The van der Waals surface area contributed by atoms with Gasteiger partial charge in [-0.05, 0) is 47.6 Å². The van der Waals surface area contributed by atoms with Crippen LogP contribution in [0.15, 0.2) is 147 Å². The molecule has 0 saturated heterocycles. The molecule has 2 N–H and O–H groups in total. The highest BCUT2D eigenvalue weighted by Gasteiger charge is 2.38. The Hall–Kier alpha value is -5.16. The maximum Gasteiger partial charge on any atom is 0.121 e. The van der Waals surface area contributed by atoms with Crippen molar-refractivity contribution >= 4 is 10.9 Å². The summed E-state index contributed by atoms with van der Waals surface area (Å²) in [5.74, 6) is 0. The molecule has 5 nitrogen and oxygen atoms in total. The van der Waals surface area contributed by atoms with Crippen LogP contribution in [0.5, 0.6) is 0 Å². The van der Waals surface area contributed by atoms with Gasteiger partial charge in [0.25, 0.3) is 0 Å². The van der Waals surface area contributed by atoms with Gasteiger partial charge in [-0.15, -0.1) is 0 Å². The molecule has 0 unspecified atom stereocenters. The fourth-order valence-corrected chi connectivity index (χ4v) is 5.62. The summed E-state index contributed by atoms with van der Waals surface area (Å²) in [6.45, 7) is 6.41. The summed E-state index contributed by atoms with van der Waals surface area (Å²) in [4.78, 5) is 14.7. The molecule has 7 rings (SSSR count). The van der Waals surface area contributed by atoms with Gasteiger partial charge in [-0.25, -0.2) is 9.97 Å². The van der Waals surface area contributed by atoms with E-state index in [-0.39, 0.29) is 7.43 Å². The predicted octanol–water partition coefficient (Wildman–Crippen LogP) is 9.62. The standard InChI is InChI=1S/C24H22N2.C10H11N.C5H8N2.CH4/c1-2-23-18-26(19-25-23)24(20-12-6-3-7-13-20,21-14-8-4-9-15-21)22-16-10-5-11-17-22;1-2-8-7-11-10-6-4-3-5-9(8)10;1-2-5-3-6-4-7-5;/h3-19H,2H2,1H3;3-7,11H,2H2,1H3;3-4H,2H2,1H3,(H,6,7);1H4. The Morgan fingerprint density at radius 1 is 0.644 bits per heavy atom. The summed E-state index contributed by atoms with van der Waals surface area (Å²) in [6, 6.07) is 40.4. The first-order valence-corrected chi connectivity index (χ1v) is 15.4. The summed E-state index contributed by atoms with van der Waals surface area (Å²) in [5, 5.41) is 1.36. The lowest BCUT2D eigenvalue weighted by Gasteiger charge is -2.37. The van der Waals surface area contributed by atoms with Gasteiger partial charge in [-0.1, -0.05) is 137 Å². The monoisotopic (exact) mass is 595 g/mol. The molecular formula is C40H45N5. The van der Waals surface area contributed by atoms with E-state index in [2.05, 4.69) is 173 Å². The number of hydrogen-bond donors (Lipinski definition) is 2. The van der Waals surface area contributed by atoms with Gasteiger partial charge in [0.1, 0.15) is 5.54 Å². The van der Waals surface area contributed by atoms with E-state index in [9.17, 15) is 0 Å². The van der Waals surface area contributed by atoms with Gasteiger partial charge in [0.2, 0.25) is 0 Å². The van der Waals surface area contributed by atoms with Gasteiger partial charge in [0, 0.05) is 35.2 Å². The van der Waals surface area contributed by atoms with Crippen LogP contribution in [0, 0.1) is 0 Å². The molecule has 4 aromatic carbocycles. The van der Waals surface area contributed by atoms with E-state index in [0.29, 0.717) is 0 Å². The Morgan fingerprint density at radius 2 is 1.20 bits per heavy atom. The second kappa shape index (κ2) is 16.1. The van der Waals surface area contributed by atoms with Crippen molar-refractivity contribution < 1.29 is 0 Å². The molecular weight excluding hydrogens is 550 g/mol. The molecule has 0 spiro atoms. The second-order valence-corrected chi connectivity index (χ2v) is 10.6. The van der Waals surface area contributed by atoms with Crippen molar-refractivity contribution in [3.63, 3.8) is 0 Å². The van der Waals surface area contributed by atoms with Crippen molar-refractivity contribution in [2.24, 2.45) is 0 Å². The summed E-state index contributed by atoms with van der Waals surface area (Å²) in [7, 11) is 0. The third-order valence-corrected chi connectivity index (χ3v) is 7.95. The minimum absolute atomic E-state index is 0. The minimum Gasteiger partial charge on any atom is -0.361 e. The SMILES string of the molecule is C.CCc1c[nH]c2ccccc12.CCc1cn(C(c2ccccc2)(c2ccccc2)c2ccccc2)cn1.CCc1cnc[nH]1. The number of hydrogen-bond acceptors (Lipinski definition) is 2. The largest absolute Gasteiger partial charge is 0.361 e. The van der Waals surface area contributed by atoms with Gasteiger partial charge >= 0.3 is 0 Å². The Kier molecular flexibility index (Phi) is 11.7. The molecule has 0 aliphatic rings. The number of aromatic amines is 2. The highest BCUT2D eigenvalue weighted by Crippen LogP contribution is 2.40. The van der Waals surface area contributed by atoms with Crippen LogP contribution in [-0.2, 0) is 24.8 Å². The molecule has 230 valence electrons. The molecule has 0 saturated carbocycles. The van der Waals surface area contributed by atoms with Crippen LogP contribution in [0.25, 0.3) is 10.9 Å². The molecule has 45 heavy (non-hydrogen) atoms. The molecule has 0 radical (unpaired) electrons. The minimum atomic E-state index is -0.454. The molecule has 0 amide bonds. The number of aryl methyl sites for hydroxylation is 3. The molecule has 5 heteroatoms. The molecule has 3 heterocycles. The molecule has 7 aromatic rings. The van der Waals surface area contributed by atoms with Crippen molar-refractivity contribution in [3.05, 3.63) is 180 Å². The average Bonchev–Trinajstić information content (AvgIpc) is 3.89. The van der Waals surface area contributed by atoms with E-state index < -0.39 is 5.54 Å². The van der Waals surface area contributed by atoms with Crippen LogP contribution in [0.2, 0.25) is 0 Å². The highest BCUT2D eigenvalue weighted by atomic mass is 15.1. The van der Waals surface area contributed by atoms with Crippen LogP contribution < -0.4 is 0 Å². The summed E-state index contributed by atoms with van der Waals surface area (Å²) in [6.07, 6.45) is 12.8. The third-order valence-electron chi connectivity index (χ3n) is 7.95. The van der Waals surface area contributed by atoms with E-state index >= 15 is 0 Å². The van der Waals surface area contributed by atoms with Crippen molar-refractivity contribution in [2.75, 3.05) is 0 Å². The maximum atomic E-state index is 4.64. The first kappa shape index (κ1) is 32.7. The van der Waals surface area contributed by atoms with Gasteiger partial charge < -0.3 is 14.5 Å². The first-order valence-electron chi connectivity index (χ1n) is 15.4. The Labute approximate surface area is 268 Å². The molecule has 0 atom stereocenters. The van der Waals surface area contributed by atoms with E-state index in [1.807, 2.05) is 12.5 Å². The Balaban J connectivity index is 0.000000198. The van der Waals surface area contributed by atoms with Gasteiger partial charge in [0.05, 0.1) is 18.3 Å². The highest BCUT2D eigenvalue weighted by molar-refractivity contribution is 5.82. The zero-order chi connectivity index (χ0) is 30.6. The van der Waals surface area contributed by atoms with Crippen LogP contribution in [-0.4, -0.2) is 24.5 Å². The number of nitrogens with zero attached hydrogens (tertiary/aromatic N) is 3. The van der Waals surface area contributed by atoms with Crippen molar-refractivity contribution in [1.29, 1.82) is 0 Å². The third kappa shape index (κ3) is 7.32. The van der Waals surface area contributed by atoms with E-state index in [0.717, 1.165) is 25.0 Å². The van der Waals surface area contributed by atoms with Crippen LogP contribution >= 0.6 is 0 Å². The summed E-state index contributed by atoms with van der Waals surface area (Å²) >= 11 is 0. The number of imidazole rings is 2. The number of nitrogens with one attached hydrogen (secondary N) is 2. The maximum absolute atomic E-state index is 4.64. The topological polar surface area (TPSA) is 62.3 Å². The lowest BCUT2D eigenvalue weighted by molar-refractivity contribution is 0.514. The normalized spacial score (nSPS) is 10.6. The predicted molar refractivity (Wildman–Crippen MR) is 189 cm³/mol. The lowest BCUT2D eigenvalue weighted by Crippen LogP contribution is -2.36. The molecule has 0 bridgehead atoms. The second-order valence-electron chi connectivity index (χ2n) is 10.6. The van der Waals surface area contributed by atoms with Crippen molar-refractivity contribution in [3.8, 4) is 0 Å². The number of H-pyrrole nitrogens is 2. The lowest BCUT2D eigenvalue weighted by atomic mass is 9.77. The number of para-hydroxylation sites is 1. The molecule has 3 aromatic heterocycles. The van der Waals surface area contributed by atoms with Crippen molar-refractivity contribution in [1.82, 2.24) is 24.5 Å². The quantitative estimate of drug-likeness (QED) is 0.180. The van der Waals surface area contributed by atoms with E-state index in [1.54, 1.807) is 6.33 Å². The first-order chi connectivity index (χ1) is 21.7. The number of rotatable bonds is 7. The van der Waals surface area contributed by atoms with Crippen molar-refractivity contribution in [2.45, 2.75) is 53.0 Å². The fraction of sp³-hybridized carbons (Fsp3) is 0.200. The van der Waals surface area contributed by atoms with Gasteiger partial charge in [-0.3, -0.25) is 0 Å². The van der Waals surface area contributed by atoms with Gasteiger partial charge in [0.15, 0.2) is 0 Å². The number of aromatic nitrogens is 5. The summed E-state index contributed by atoms with van der Waals surface area (Å²) < 4.78 is 2.26. The number of fused-ring (bicyclic) bond motifs is 1. The smallest absolute Gasteiger partial charge is 0.121 e. The Morgan fingerprint density at radius 3 is 1.64 bits per heavy atom. The average molecular weight is 596 g/mol. The zero-order valence-corrected chi connectivity index (χ0v) is 25.8. The number of benzene rings is 4.